The van der Waals surface area contributed by atoms with Crippen LogP contribution in [-0.4, -0.2) is 21.6 Å². The number of hydrogen-bond donors (Lipinski definition) is 1. The summed E-state index contributed by atoms with van der Waals surface area (Å²) in [6.45, 7) is 0. The summed E-state index contributed by atoms with van der Waals surface area (Å²) in [5.41, 5.74) is 0.742. The number of halogens is 1. The van der Waals surface area contributed by atoms with Gasteiger partial charge in [-0.25, -0.2) is 4.52 Å². The van der Waals surface area contributed by atoms with Crippen molar-refractivity contribution in [2.45, 2.75) is 0 Å². The Morgan fingerprint density at radius 2 is 2.42 bits per heavy atom. The van der Waals surface area contributed by atoms with Gasteiger partial charge in [-0.3, -0.25) is 0 Å². The van der Waals surface area contributed by atoms with Crippen molar-refractivity contribution in [3.8, 4) is 0 Å². The lowest BCUT2D eigenvalue weighted by Gasteiger charge is -1.89. The topological polar surface area (TPSA) is 42.2 Å². The fraction of sp³-hybridized carbons (Fsp3) is 0.143. The predicted octanol–water partition coefficient (Wildman–Crippen LogP) is 1.42. The Morgan fingerprint density at radius 3 is 3.17 bits per heavy atom. The minimum atomic E-state index is 0.595. The van der Waals surface area contributed by atoms with Crippen molar-refractivity contribution in [2.75, 3.05) is 12.4 Å². The van der Waals surface area contributed by atoms with Crippen LogP contribution in [0.4, 0.5) is 5.95 Å². The van der Waals surface area contributed by atoms with Crippen molar-refractivity contribution in [3.63, 3.8) is 0 Å². The molecule has 0 amide bonds. The average Bonchev–Trinajstić information content (AvgIpc) is 2.46. The molecule has 5 heteroatoms. The molecule has 2 aromatic heterocycles. The first-order valence-electron chi connectivity index (χ1n) is 3.49. The lowest BCUT2D eigenvalue weighted by Crippen LogP contribution is -1.90. The van der Waals surface area contributed by atoms with Gasteiger partial charge in [0.05, 0.1) is 0 Å². The lowest BCUT2D eigenvalue weighted by atomic mass is 10.5. The van der Waals surface area contributed by atoms with Crippen molar-refractivity contribution in [3.05, 3.63) is 23.4 Å². The predicted molar refractivity (Wildman–Crippen MR) is 47.5 cm³/mol. The van der Waals surface area contributed by atoms with E-state index in [1.54, 1.807) is 29.9 Å². The highest BCUT2D eigenvalue weighted by Crippen LogP contribution is 2.11. The Bertz CT molecular complexity index is 409. The second-order valence-corrected chi connectivity index (χ2v) is 2.77. The number of nitrogens with one attached hydrogen (secondary N) is 1. The third kappa shape index (κ3) is 1.10. The average molecular weight is 183 g/mol. The van der Waals surface area contributed by atoms with E-state index in [-0.39, 0.29) is 0 Å². The standard InChI is InChI=1S/C7H7ClN4/c1-9-7-10-6-4-5(8)2-3-12(6)11-7/h2-4H,1H3,(H,9,11). The van der Waals surface area contributed by atoms with E-state index in [9.17, 15) is 0 Å². The summed E-state index contributed by atoms with van der Waals surface area (Å²) in [5, 5.41) is 7.62. The van der Waals surface area contributed by atoms with Gasteiger partial charge in [0.1, 0.15) is 0 Å². The van der Waals surface area contributed by atoms with E-state index in [1.807, 2.05) is 0 Å². The van der Waals surface area contributed by atoms with Crippen molar-refractivity contribution >= 4 is 23.2 Å². The molecule has 4 nitrogen and oxygen atoms in total. The number of hydrogen-bond acceptors (Lipinski definition) is 3. The normalized spacial score (nSPS) is 10.5. The van der Waals surface area contributed by atoms with Gasteiger partial charge in [0.25, 0.3) is 0 Å². The summed E-state index contributed by atoms with van der Waals surface area (Å²) in [4.78, 5) is 4.15. The molecule has 0 aromatic carbocycles. The van der Waals surface area contributed by atoms with Crippen LogP contribution in [0.3, 0.4) is 0 Å². The van der Waals surface area contributed by atoms with Crippen LogP contribution in [-0.2, 0) is 0 Å². The highest BCUT2D eigenvalue weighted by atomic mass is 35.5. The van der Waals surface area contributed by atoms with E-state index in [4.69, 9.17) is 11.6 Å². The highest BCUT2D eigenvalue weighted by molar-refractivity contribution is 6.30. The van der Waals surface area contributed by atoms with Crippen LogP contribution in [0, 0.1) is 0 Å². The number of aromatic nitrogens is 3. The van der Waals surface area contributed by atoms with Crippen molar-refractivity contribution in [1.82, 2.24) is 14.6 Å². The molecule has 0 bridgehead atoms. The molecule has 12 heavy (non-hydrogen) atoms. The maximum atomic E-state index is 5.77. The molecule has 2 heterocycles. The number of anilines is 1. The number of pyridine rings is 1. The van der Waals surface area contributed by atoms with Crippen LogP contribution in [0.5, 0.6) is 0 Å². The molecule has 1 N–H and O–H groups in total. The smallest absolute Gasteiger partial charge is 0.242 e. The van der Waals surface area contributed by atoms with Crippen LogP contribution in [0.25, 0.3) is 5.65 Å². The van der Waals surface area contributed by atoms with Gasteiger partial charge < -0.3 is 5.32 Å². The fourth-order valence-corrected chi connectivity index (χ4v) is 1.12. The Morgan fingerprint density at radius 1 is 1.58 bits per heavy atom. The summed E-state index contributed by atoms with van der Waals surface area (Å²) in [5.74, 6) is 0.595. The van der Waals surface area contributed by atoms with Gasteiger partial charge in [0.15, 0.2) is 5.65 Å². The summed E-state index contributed by atoms with van der Waals surface area (Å²) >= 11 is 5.77. The molecule has 2 aromatic rings. The van der Waals surface area contributed by atoms with E-state index in [0.717, 1.165) is 5.65 Å². The van der Waals surface area contributed by atoms with E-state index in [0.29, 0.717) is 11.0 Å². The summed E-state index contributed by atoms with van der Waals surface area (Å²) in [6, 6.07) is 3.53. The monoisotopic (exact) mass is 182 g/mol. The fourth-order valence-electron chi connectivity index (χ4n) is 0.963. The molecule has 0 aliphatic heterocycles. The maximum absolute atomic E-state index is 5.77. The second-order valence-electron chi connectivity index (χ2n) is 2.33. The molecule has 0 radical (unpaired) electrons. The van der Waals surface area contributed by atoms with E-state index in [1.165, 1.54) is 0 Å². The molecule has 0 spiro atoms. The van der Waals surface area contributed by atoms with E-state index >= 15 is 0 Å². The van der Waals surface area contributed by atoms with Crippen LogP contribution in [0.15, 0.2) is 18.3 Å². The molecule has 0 saturated heterocycles. The Labute approximate surface area is 74.2 Å². The Hall–Kier alpha value is -1.29. The Balaban J connectivity index is 2.67. The molecule has 0 unspecified atom stereocenters. The third-order valence-electron chi connectivity index (χ3n) is 1.52. The Kier molecular flexibility index (Phi) is 1.62. The maximum Gasteiger partial charge on any atom is 0.242 e. The number of fused-ring (bicyclic) bond motifs is 1. The minimum absolute atomic E-state index is 0.595. The molecule has 0 saturated carbocycles. The van der Waals surface area contributed by atoms with Crippen molar-refractivity contribution in [1.29, 1.82) is 0 Å². The lowest BCUT2D eigenvalue weighted by molar-refractivity contribution is 0.963. The first-order valence-corrected chi connectivity index (χ1v) is 3.87. The number of rotatable bonds is 1. The second kappa shape index (κ2) is 2.64. The largest absolute Gasteiger partial charge is 0.356 e. The van der Waals surface area contributed by atoms with Crippen LogP contribution >= 0.6 is 11.6 Å². The third-order valence-corrected chi connectivity index (χ3v) is 1.76. The van der Waals surface area contributed by atoms with Gasteiger partial charge in [-0.05, 0) is 6.07 Å². The van der Waals surface area contributed by atoms with E-state index in [2.05, 4.69) is 15.4 Å². The molecule has 0 aliphatic rings. The molecular formula is C7H7ClN4. The van der Waals surface area contributed by atoms with Gasteiger partial charge in [-0.1, -0.05) is 11.6 Å². The quantitative estimate of drug-likeness (QED) is 0.726. The first kappa shape index (κ1) is 7.36. The van der Waals surface area contributed by atoms with Gasteiger partial charge >= 0.3 is 0 Å². The van der Waals surface area contributed by atoms with Crippen LogP contribution in [0.1, 0.15) is 0 Å². The molecule has 62 valence electrons. The summed E-state index contributed by atoms with van der Waals surface area (Å²) < 4.78 is 1.66. The summed E-state index contributed by atoms with van der Waals surface area (Å²) in [7, 11) is 1.77. The van der Waals surface area contributed by atoms with Gasteiger partial charge in [0.2, 0.25) is 5.95 Å². The minimum Gasteiger partial charge on any atom is -0.356 e. The number of nitrogens with zero attached hydrogens (tertiary/aromatic N) is 3. The summed E-state index contributed by atoms with van der Waals surface area (Å²) in [6.07, 6.45) is 1.77. The zero-order chi connectivity index (χ0) is 8.55. The van der Waals surface area contributed by atoms with Gasteiger partial charge in [0, 0.05) is 24.3 Å². The van der Waals surface area contributed by atoms with Gasteiger partial charge in [-0.2, -0.15) is 4.98 Å². The van der Waals surface area contributed by atoms with Crippen LogP contribution < -0.4 is 5.32 Å². The van der Waals surface area contributed by atoms with E-state index < -0.39 is 0 Å². The SMILES string of the molecule is CNc1nc2cc(Cl)ccn2n1. The zero-order valence-electron chi connectivity index (χ0n) is 6.45. The molecular weight excluding hydrogens is 176 g/mol. The van der Waals surface area contributed by atoms with Crippen LogP contribution in [0.2, 0.25) is 5.02 Å². The molecule has 2 rings (SSSR count). The van der Waals surface area contributed by atoms with Crippen molar-refractivity contribution < 1.29 is 0 Å². The van der Waals surface area contributed by atoms with Gasteiger partial charge in [-0.15, -0.1) is 5.10 Å². The molecule has 0 fully saturated rings. The molecule has 0 atom stereocenters. The molecule has 0 aliphatic carbocycles. The van der Waals surface area contributed by atoms with Crippen molar-refractivity contribution in [2.24, 2.45) is 0 Å². The zero-order valence-corrected chi connectivity index (χ0v) is 7.21. The highest BCUT2D eigenvalue weighted by Gasteiger charge is 2.00. The first-order chi connectivity index (χ1) is 5.79.